The third-order valence-corrected chi connectivity index (χ3v) is 6.36. The first kappa shape index (κ1) is 21.1. The van der Waals surface area contributed by atoms with Gasteiger partial charge in [0, 0.05) is 11.6 Å². The van der Waals surface area contributed by atoms with Crippen molar-refractivity contribution in [2.75, 3.05) is 0 Å². The maximum atomic E-state index is 12.6. The number of nitrogens with one attached hydrogen (secondary N) is 3. The van der Waals surface area contributed by atoms with Gasteiger partial charge in [0.15, 0.2) is 0 Å². The maximum absolute atomic E-state index is 12.6. The van der Waals surface area contributed by atoms with Gasteiger partial charge in [-0.3, -0.25) is 9.59 Å². The number of hydrogen-bond donors (Lipinski definition) is 3. The van der Waals surface area contributed by atoms with Gasteiger partial charge in [0.1, 0.15) is 11.8 Å². The highest BCUT2D eigenvalue weighted by Gasteiger charge is 2.24. The molecule has 0 aliphatic heterocycles. The summed E-state index contributed by atoms with van der Waals surface area (Å²) in [6, 6.07) is 8.39. The van der Waals surface area contributed by atoms with E-state index in [1.165, 1.54) is 30.5 Å². The Morgan fingerprint density at radius 3 is 2.62 bits per heavy atom. The van der Waals surface area contributed by atoms with Crippen LogP contribution < -0.4 is 15.4 Å². The molecule has 3 N–H and O–H groups in total. The summed E-state index contributed by atoms with van der Waals surface area (Å²) in [5.41, 5.74) is 0.171. The molecule has 1 aromatic carbocycles. The van der Waals surface area contributed by atoms with E-state index in [0.29, 0.717) is 5.76 Å². The Labute approximate surface area is 170 Å². The van der Waals surface area contributed by atoms with Gasteiger partial charge in [0.05, 0.1) is 17.7 Å². The van der Waals surface area contributed by atoms with Crippen molar-refractivity contribution in [1.29, 1.82) is 0 Å². The van der Waals surface area contributed by atoms with Crippen molar-refractivity contribution in [3.63, 3.8) is 0 Å². The van der Waals surface area contributed by atoms with Gasteiger partial charge < -0.3 is 15.1 Å². The van der Waals surface area contributed by atoms with E-state index in [1.807, 2.05) is 0 Å². The summed E-state index contributed by atoms with van der Waals surface area (Å²) in [6.07, 6.45) is 5.17. The summed E-state index contributed by atoms with van der Waals surface area (Å²) in [4.78, 5) is 24.7. The minimum atomic E-state index is -3.70. The van der Waals surface area contributed by atoms with Gasteiger partial charge in [-0.25, -0.2) is 13.1 Å². The molecule has 0 bridgehead atoms. The third-order valence-electron chi connectivity index (χ3n) is 4.84. The summed E-state index contributed by atoms with van der Waals surface area (Å²) in [7, 11) is -3.70. The van der Waals surface area contributed by atoms with Gasteiger partial charge in [0.25, 0.3) is 5.91 Å². The lowest BCUT2D eigenvalue weighted by molar-refractivity contribution is -0.122. The first-order valence-electron chi connectivity index (χ1n) is 9.58. The number of carbonyl (C=O) groups is 2. The van der Waals surface area contributed by atoms with Crippen molar-refractivity contribution in [2.45, 2.75) is 56.1 Å². The Balaban J connectivity index is 1.60. The molecule has 3 rings (SSSR count). The normalized spacial score (nSPS) is 15.8. The molecule has 1 unspecified atom stereocenters. The van der Waals surface area contributed by atoms with E-state index in [4.69, 9.17) is 4.42 Å². The van der Waals surface area contributed by atoms with Gasteiger partial charge in [-0.2, -0.15) is 0 Å². The molecule has 0 radical (unpaired) electrons. The number of hydrogen-bond acceptors (Lipinski definition) is 5. The summed E-state index contributed by atoms with van der Waals surface area (Å²) in [5, 5.41) is 5.25. The van der Waals surface area contributed by atoms with Crippen LogP contribution in [0, 0.1) is 0 Å². The lowest BCUT2D eigenvalue weighted by atomic mass is 10.2. The molecular weight excluding hydrogens is 394 g/mol. The van der Waals surface area contributed by atoms with Crippen molar-refractivity contribution in [2.24, 2.45) is 0 Å². The molecule has 8 nitrogen and oxygen atoms in total. The van der Waals surface area contributed by atoms with Gasteiger partial charge >= 0.3 is 0 Å². The fourth-order valence-corrected chi connectivity index (χ4v) is 4.57. The van der Waals surface area contributed by atoms with Gasteiger partial charge in [-0.05, 0) is 50.1 Å². The summed E-state index contributed by atoms with van der Waals surface area (Å²) >= 11 is 0. The lowest BCUT2D eigenvalue weighted by Crippen LogP contribution is -2.44. The molecule has 9 heteroatoms. The topological polar surface area (TPSA) is 118 Å². The Bertz CT molecular complexity index is 950. The molecule has 2 amide bonds. The van der Waals surface area contributed by atoms with Crippen LogP contribution in [0.15, 0.2) is 52.0 Å². The van der Waals surface area contributed by atoms with Crippen LogP contribution in [-0.2, 0) is 21.4 Å². The molecule has 1 atom stereocenters. The molecule has 1 aliphatic carbocycles. The minimum Gasteiger partial charge on any atom is -0.467 e. The van der Waals surface area contributed by atoms with Gasteiger partial charge in [-0.15, -0.1) is 0 Å². The predicted octanol–water partition coefficient (Wildman–Crippen LogP) is 1.94. The fraction of sp³-hybridized carbons (Fsp3) is 0.400. The molecule has 1 fully saturated rings. The Hall–Kier alpha value is -2.65. The van der Waals surface area contributed by atoms with Crippen LogP contribution in [0.5, 0.6) is 0 Å². The zero-order chi connectivity index (χ0) is 20.9. The number of sulfonamides is 1. The van der Waals surface area contributed by atoms with Crippen LogP contribution in [0.4, 0.5) is 0 Å². The van der Waals surface area contributed by atoms with Gasteiger partial charge in [0.2, 0.25) is 15.9 Å². The number of rotatable bonds is 8. The van der Waals surface area contributed by atoms with E-state index in [2.05, 4.69) is 15.4 Å². The highest BCUT2D eigenvalue weighted by atomic mass is 32.2. The van der Waals surface area contributed by atoms with Crippen LogP contribution in [-0.4, -0.2) is 32.3 Å². The minimum absolute atomic E-state index is 0.0342. The smallest absolute Gasteiger partial charge is 0.251 e. The monoisotopic (exact) mass is 419 g/mol. The van der Waals surface area contributed by atoms with Crippen LogP contribution in [0.3, 0.4) is 0 Å². The van der Waals surface area contributed by atoms with Crippen LogP contribution >= 0.6 is 0 Å². The van der Waals surface area contributed by atoms with Crippen LogP contribution in [0.2, 0.25) is 0 Å². The molecule has 0 spiro atoms. The van der Waals surface area contributed by atoms with E-state index in [0.717, 1.165) is 25.7 Å². The Morgan fingerprint density at radius 2 is 1.93 bits per heavy atom. The summed E-state index contributed by atoms with van der Waals surface area (Å²) in [5.74, 6) is -0.297. The van der Waals surface area contributed by atoms with Crippen molar-refractivity contribution < 1.29 is 22.4 Å². The van der Waals surface area contributed by atoms with E-state index >= 15 is 0 Å². The average Bonchev–Trinajstić information content (AvgIpc) is 3.40. The molecule has 1 aromatic heterocycles. The lowest BCUT2D eigenvalue weighted by Gasteiger charge is -2.15. The SMILES string of the molecule is CC(NC(=O)c1cccc(S(=O)(=O)NC2CCCC2)c1)C(=O)NCc1ccco1. The average molecular weight is 420 g/mol. The van der Waals surface area contributed by atoms with E-state index in [1.54, 1.807) is 19.1 Å². The quantitative estimate of drug-likeness (QED) is 0.604. The molecule has 0 saturated heterocycles. The third kappa shape index (κ3) is 5.68. The van der Waals surface area contributed by atoms with Crippen molar-refractivity contribution in [3.8, 4) is 0 Å². The Kier molecular flexibility index (Phi) is 6.71. The largest absolute Gasteiger partial charge is 0.467 e. The van der Waals surface area contributed by atoms with E-state index in [9.17, 15) is 18.0 Å². The molecule has 156 valence electrons. The zero-order valence-corrected chi connectivity index (χ0v) is 17.0. The number of benzene rings is 1. The molecule has 2 aromatic rings. The second-order valence-electron chi connectivity index (χ2n) is 7.12. The molecule has 1 aliphatic rings. The van der Waals surface area contributed by atoms with Crippen molar-refractivity contribution in [3.05, 3.63) is 54.0 Å². The predicted molar refractivity (Wildman–Crippen MR) is 107 cm³/mol. The van der Waals surface area contributed by atoms with Crippen molar-refractivity contribution in [1.82, 2.24) is 15.4 Å². The first-order chi connectivity index (χ1) is 13.8. The highest BCUT2D eigenvalue weighted by Crippen LogP contribution is 2.21. The summed E-state index contributed by atoms with van der Waals surface area (Å²) in [6.45, 7) is 1.77. The van der Waals surface area contributed by atoms with Crippen molar-refractivity contribution >= 4 is 21.8 Å². The fourth-order valence-electron chi connectivity index (χ4n) is 3.22. The second-order valence-corrected chi connectivity index (χ2v) is 8.84. The highest BCUT2D eigenvalue weighted by molar-refractivity contribution is 7.89. The van der Waals surface area contributed by atoms with E-state index in [-0.39, 0.29) is 29.0 Å². The number of carbonyl (C=O) groups excluding carboxylic acids is 2. The number of amides is 2. The molecule has 1 heterocycles. The molecule has 1 saturated carbocycles. The van der Waals surface area contributed by atoms with Gasteiger partial charge in [-0.1, -0.05) is 18.9 Å². The van der Waals surface area contributed by atoms with Crippen LogP contribution in [0.25, 0.3) is 0 Å². The maximum Gasteiger partial charge on any atom is 0.251 e. The van der Waals surface area contributed by atoms with Crippen LogP contribution in [0.1, 0.15) is 48.7 Å². The zero-order valence-electron chi connectivity index (χ0n) is 16.2. The number of furan rings is 1. The second kappa shape index (κ2) is 9.23. The van der Waals surface area contributed by atoms with E-state index < -0.39 is 22.0 Å². The molecular formula is C20H25N3O5S. The first-order valence-corrected chi connectivity index (χ1v) is 11.1. The Morgan fingerprint density at radius 1 is 1.17 bits per heavy atom. The summed E-state index contributed by atoms with van der Waals surface area (Å²) < 4.78 is 33.0. The molecule has 29 heavy (non-hydrogen) atoms. The standard InChI is InChI=1S/C20H25N3O5S/c1-14(19(24)21-13-17-9-5-11-28-17)22-20(25)15-6-4-10-18(12-15)29(26,27)23-16-7-2-3-8-16/h4-6,9-12,14,16,23H,2-3,7-8,13H2,1H3,(H,21,24)(H,22,25).